The molecule has 2 aromatic carbocycles. The molecular weight excluding hydrogens is 392 g/mol. The van der Waals surface area contributed by atoms with Gasteiger partial charge in [-0.2, -0.15) is 0 Å². The normalized spacial score (nSPS) is 13.3. The first-order valence-electron chi connectivity index (χ1n) is 10.8. The third-order valence-electron chi connectivity index (χ3n) is 5.48. The van der Waals surface area contributed by atoms with Gasteiger partial charge < -0.3 is 11.5 Å². The van der Waals surface area contributed by atoms with Gasteiger partial charge in [0.2, 0.25) is 17.4 Å². The lowest BCUT2D eigenvalue weighted by atomic mass is 9.81. The van der Waals surface area contributed by atoms with Crippen LogP contribution in [0.3, 0.4) is 0 Å². The molecule has 0 unspecified atom stereocenters. The summed E-state index contributed by atoms with van der Waals surface area (Å²) in [6, 6.07) is 30.0. The number of benzene rings is 2. The van der Waals surface area contributed by atoms with Gasteiger partial charge in [0.15, 0.2) is 0 Å². The van der Waals surface area contributed by atoms with Crippen LogP contribution in [0.25, 0.3) is 6.08 Å². The van der Waals surface area contributed by atoms with E-state index in [9.17, 15) is 0 Å². The Morgan fingerprint density at radius 1 is 0.969 bits per heavy atom. The van der Waals surface area contributed by atoms with E-state index in [0.717, 1.165) is 41.9 Å². The molecule has 2 aromatic rings. The fourth-order valence-electron chi connectivity index (χ4n) is 3.74. The Bertz CT molecular complexity index is 1190. The molecule has 160 valence electrons. The van der Waals surface area contributed by atoms with E-state index >= 15 is 0 Å². The summed E-state index contributed by atoms with van der Waals surface area (Å²) in [6.45, 7) is 6.68. The topological polar surface area (TPSA) is 58.3 Å². The molecule has 0 radical (unpaired) electrons. The molecule has 1 aliphatic rings. The van der Waals surface area contributed by atoms with Crippen LogP contribution in [0.1, 0.15) is 51.2 Å². The van der Waals surface area contributed by atoms with Crippen LogP contribution in [0, 0.1) is 36.1 Å². The van der Waals surface area contributed by atoms with E-state index in [1.54, 1.807) is 0 Å². The molecule has 0 aromatic heterocycles. The number of hydrogen-bond acceptors (Lipinski definition) is 3. The van der Waals surface area contributed by atoms with Crippen molar-refractivity contribution in [2.75, 3.05) is 4.90 Å². The number of para-hydroxylation sites is 1. The molecule has 4 N–H and O–H groups in total. The van der Waals surface area contributed by atoms with Gasteiger partial charge in [-0.3, -0.25) is 0 Å². The Morgan fingerprint density at radius 3 is 2.31 bits per heavy atom. The maximum atomic E-state index is 5.33. The second-order valence-corrected chi connectivity index (χ2v) is 8.03. The Hall–Kier alpha value is -4.07. The molecule has 4 nitrogen and oxygen atoms in total. The van der Waals surface area contributed by atoms with Crippen LogP contribution in [0.5, 0.6) is 0 Å². The van der Waals surface area contributed by atoms with Crippen LogP contribution in [0.15, 0.2) is 54.6 Å². The van der Waals surface area contributed by atoms with E-state index < -0.39 is 0 Å². The average Bonchev–Trinajstić information content (AvgIpc) is 3.02. The van der Waals surface area contributed by atoms with Crippen LogP contribution < -0.4 is 16.4 Å². The molecule has 0 fully saturated rings. The van der Waals surface area contributed by atoms with Crippen molar-refractivity contribution in [3.8, 4) is 36.1 Å². The van der Waals surface area contributed by atoms with Gasteiger partial charge in [0.1, 0.15) is 0 Å². The molecule has 3 rings (SSSR count). The zero-order chi connectivity index (χ0) is 23.0. The minimum atomic E-state index is -0.142. The number of nitrogens with zero attached hydrogens (tertiary/aromatic N) is 2. The minimum Gasteiger partial charge on any atom is -0.358 e. The molecule has 1 aliphatic heterocycles. The number of nitrogens with two attached hydrogens (primary N) is 2. The van der Waals surface area contributed by atoms with Crippen molar-refractivity contribution < 1.29 is 4.58 Å². The van der Waals surface area contributed by atoms with E-state index in [4.69, 9.17) is 11.5 Å². The fourth-order valence-corrected chi connectivity index (χ4v) is 3.74. The number of unbranched alkanes of at least 4 members (excludes halogenated alkanes) is 2. The fraction of sp³-hybridized carbons (Fsp3) is 0.250. The largest absolute Gasteiger partial charge is 0.358 e. The highest BCUT2D eigenvalue weighted by molar-refractivity contribution is 6.05. The van der Waals surface area contributed by atoms with Crippen LogP contribution in [0.4, 0.5) is 11.4 Å². The van der Waals surface area contributed by atoms with Crippen LogP contribution in [-0.4, -0.2) is 10.3 Å². The number of allylic oxidation sites excluding steroid dienone is 1. The van der Waals surface area contributed by atoms with Crippen LogP contribution in [-0.2, 0) is 5.41 Å². The maximum absolute atomic E-state index is 5.33. The van der Waals surface area contributed by atoms with Gasteiger partial charge >= 0.3 is 0 Å². The molecule has 1 heterocycles. The molecule has 0 saturated heterocycles. The number of fused-ring (bicyclic) bond motifs is 1. The van der Waals surface area contributed by atoms with Crippen molar-refractivity contribution in [2.45, 2.75) is 45.4 Å². The first-order valence-corrected chi connectivity index (χ1v) is 10.8. The summed E-state index contributed by atoms with van der Waals surface area (Å²) in [5.41, 5.74) is 16.0. The lowest BCUT2D eigenvalue weighted by molar-refractivity contribution is -0.332. The van der Waals surface area contributed by atoms with Crippen molar-refractivity contribution in [1.82, 2.24) is 0 Å². The van der Waals surface area contributed by atoms with Gasteiger partial charge in [0, 0.05) is 48.3 Å². The van der Waals surface area contributed by atoms with Crippen LogP contribution in [0.2, 0.25) is 0 Å². The number of hydrogen-bond donors (Lipinski definition) is 2. The Kier molecular flexibility index (Phi) is 7.28. The van der Waals surface area contributed by atoms with Gasteiger partial charge in [0.25, 0.3) is 0 Å². The standard InChI is InChI=1S/C28H29N4/c1-4-5-6-9-20-32-26-11-8-7-10-25(26)28(2,3)27(32)17-14-23-12-15-24(16-13-23)31(21-18-29)22-19-30/h7-8,10-17H,4-6,29-30H2,1-3H3/q+1. The summed E-state index contributed by atoms with van der Waals surface area (Å²) in [7, 11) is 0. The summed E-state index contributed by atoms with van der Waals surface area (Å²) in [5, 5.41) is 0. The van der Waals surface area contributed by atoms with E-state index in [2.05, 4.69) is 97.9 Å². The number of rotatable bonds is 5. The maximum Gasteiger partial charge on any atom is 0.229 e. The Labute approximate surface area is 191 Å². The number of anilines is 1. The smallest absolute Gasteiger partial charge is 0.229 e. The third-order valence-corrected chi connectivity index (χ3v) is 5.48. The SMILES string of the molecule is CCCCC#C[N+]1=C(C=Cc2ccc(N(C#CN)C#CN)cc2)C(C)(C)c2ccccc21. The van der Waals surface area contributed by atoms with E-state index in [1.807, 2.05) is 24.3 Å². The van der Waals surface area contributed by atoms with E-state index in [0.29, 0.717) is 0 Å². The monoisotopic (exact) mass is 421 g/mol. The zero-order valence-electron chi connectivity index (χ0n) is 18.9. The summed E-state index contributed by atoms with van der Waals surface area (Å²) in [5.74, 6) is 3.35. The van der Waals surface area contributed by atoms with Gasteiger partial charge in [-0.05, 0) is 50.0 Å². The molecule has 4 heteroatoms. The molecule has 0 atom stereocenters. The molecule has 0 amide bonds. The molecule has 0 aliphatic carbocycles. The third kappa shape index (κ3) is 4.80. The molecule has 0 bridgehead atoms. The van der Waals surface area contributed by atoms with Crippen molar-refractivity contribution in [1.29, 1.82) is 0 Å². The second-order valence-electron chi connectivity index (χ2n) is 8.03. The quantitative estimate of drug-likeness (QED) is 0.324. The summed E-state index contributed by atoms with van der Waals surface area (Å²) in [4.78, 5) is 1.51. The van der Waals surface area contributed by atoms with Gasteiger partial charge in [-0.25, -0.2) is 4.90 Å². The average molecular weight is 422 g/mol. The molecule has 32 heavy (non-hydrogen) atoms. The first-order chi connectivity index (χ1) is 15.5. The predicted octanol–water partition coefficient (Wildman–Crippen LogP) is 4.49. The highest BCUT2D eigenvalue weighted by Gasteiger charge is 2.44. The lowest BCUT2D eigenvalue weighted by Gasteiger charge is -2.14. The van der Waals surface area contributed by atoms with Gasteiger partial charge in [0.05, 0.1) is 11.1 Å². The minimum absolute atomic E-state index is 0.142. The lowest BCUT2D eigenvalue weighted by Crippen LogP contribution is -2.26. The Morgan fingerprint density at radius 2 is 1.66 bits per heavy atom. The van der Waals surface area contributed by atoms with Crippen molar-refractivity contribution in [3.05, 3.63) is 65.7 Å². The van der Waals surface area contributed by atoms with E-state index in [-0.39, 0.29) is 5.41 Å². The molecule has 0 saturated carbocycles. The van der Waals surface area contributed by atoms with Crippen molar-refractivity contribution in [3.63, 3.8) is 0 Å². The second kappa shape index (κ2) is 10.3. The predicted molar refractivity (Wildman–Crippen MR) is 134 cm³/mol. The highest BCUT2D eigenvalue weighted by Crippen LogP contribution is 2.39. The summed E-state index contributed by atoms with van der Waals surface area (Å²) in [6.07, 6.45) is 7.45. The first kappa shape index (κ1) is 22.6. The van der Waals surface area contributed by atoms with Crippen molar-refractivity contribution >= 4 is 23.2 Å². The summed E-state index contributed by atoms with van der Waals surface area (Å²) >= 11 is 0. The molecule has 0 spiro atoms. The van der Waals surface area contributed by atoms with Crippen molar-refractivity contribution in [2.24, 2.45) is 11.5 Å². The molecular formula is C28H29N4+. The Balaban J connectivity index is 1.95. The highest BCUT2D eigenvalue weighted by atomic mass is 15.1. The van der Waals surface area contributed by atoms with E-state index in [1.165, 1.54) is 10.5 Å². The van der Waals surface area contributed by atoms with Gasteiger partial charge in [-0.1, -0.05) is 43.7 Å². The zero-order valence-corrected chi connectivity index (χ0v) is 18.9. The van der Waals surface area contributed by atoms with Gasteiger partial charge in [-0.15, -0.1) is 4.58 Å². The van der Waals surface area contributed by atoms with Crippen LogP contribution >= 0.6 is 0 Å². The summed E-state index contributed by atoms with van der Waals surface area (Å²) < 4.78 is 2.14.